The molecular weight excluding hydrogens is 514 g/mol. The molecule has 7 nitrogen and oxygen atoms in total. The second-order valence-corrected chi connectivity index (χ2v) is 6.36. The topological polar surface area (TPSA) is 72.7 Å². The predicted molar refractivity (Wildman–Crippen MR) is 120 cm³/mol. The Morgan fingerprint density at radius 2 is 1.97 bits per heavy atom. The third-order valence-electron chi connectivity index (χ3n) is 3.86. The van der Waals surface area contributed by atoms with E-state index in [0.29, 0.717) is 30.5 Å². The highest BCUT2D eigenvalue weighted by Crippen LogP contribution is 2.30. The molecule has 0 bridgehead atoms. The fourth-order valence-electron chi connectivity index (χ4n) is 2.59. The summed E-state index contributed by atoms with van der Waals surface area (Å²) in [4.78, 5) is 4.24. The summed E-state index contributed by atoms with van der Waals surface area (Å²) in [5.41, 5.74) is -0.910. The molecule has 0 saturated heterocycles. The Labute approximate surface area is 191 Å². The minimum Gasteiger partial charge on any atom is -0.497 e. The summed E-state index contributed by atoms with van der Waals surface area (Å²) in [6, 6.07) is 7.24. The molecule has 2 N–H and O–H groups in total. The molecule has 1 aromatic carbocycles. The van der Waals surface area contributed by atoms with Crippen LogP contribution in [0.3, 0.4) is 0 Å². The average Bonchev–Trinajstić information content (AvgIpc) is 3.05. The van der Waals surface area contributed by atoms with E-state index in [1.807, 2.05) is 32.0 Å². The number of ether oxygens (including phenoxy) is 2. The predicted octanol–water partition coefficient (Wildman–Crippen LogP) is 3.59. The molecular formula is C19H27F3IN5O2. The summed E-state index contributed by atoms with van der Waals surface area (Å²) in [5.74, 6) is 1.74. The molecule has 0 saturated carbocycles. The van der Waals surface area contributed by atoms with Gasteiger partial charge >= 0.3 is 6.18 Å². The molecule has 1 aromatic heterocycles. The van der Waals surface area contributed by atoms with Crippen molar-refractivity contribution in [3.05, 3.63) is 41.7 Å². The number of aromatic nitrogens is 2. The molecule has 0 aliphatic carbocycles. The first kappa shape index (κ1) is 25.9. The molecule has 11 heteroatoms. The van der Waals surface area contributed by atoms with Crippen LogP contribution < -0.4 is 20.1 Å². The third-order valence-corrected chi connectivity index (χ3v) is 3.86. The van der Waals surface area contributed by atoms with Crippen molar-refractivity contribution in [1.29, 1.82) is 0 Å². The number of halogens is 4. The number of hydrogen-bond acceptors (Lipinski definition) is 4. The fraction of sp³-hybridized carbons (Fsp3) is 0.474. The standard InChI is InChI=1S/C19H26F3N5O2.HI/c1-5-23-18(25-11-14-12-27(3)26-17(14)19(20,21)22)24-10-13(2)29-16-8-6-7-15(9-16)28-4;/h6-9,12-13H,5,10-11H2,1-4H3,(H2,23,24,25);1H. The lowest BCUT2D eigenvalue weighted by atomic mass is 10.2. The lowest BCUT2D eigenvalue weighted by Crippen LogP contribution is -2.41. The second kappa shape index (κ2) is 11.9. The summed E-state index contributed by atoms with van der Waals surface area (Å²) in [6.07, 6.45) is -3.41. The Kier molecular flexibility index (Phi) is 10.2. The highest BCUT2D eigenvalue weighted by Gasteiger charge is 2.36. The molecule has 0 aliphatic rings. The van der Waals surface area contributed by atoms with E-state index in [1.165, 1.54) is 13.2 Å². The zero-order valence-corrected chi connectivity index (χ0v) is 19.6. The first-order chi connectivity index (χ1) is 13.7. The highest BCUT2D eigenvalue weighted by atomic mass is 127. The van der Waals surface area contributed by atoms with E-state index in [-0.39, 0.29) is 42.2 Å². The molecule has 30 heavy (non-hydrogen) atoms. The van der Waals surface area contributed by atoms with Gasteiger partial charge in [0, 0.05) is 31.4 Å². The van der Waals surface area contributed by atoms with E-state index in [4.69, 9.17) is 9.47 Å². The van der Waals surface area contributed by atoms with Gasteiger partial charge in [-0.25, -0.2) is 4.99 Å². The normalized spacial score (nSPS) is 12.7. The van der Waals surface area contributed by atoms with Crippen LogP contribution >= 0.6 is 24.0 Å². The summed E-state index contributed by atoms with van der Waals surface area (Å²) < 4.78 is 51.3. The summed E-state index contributed by atoms with van der Waals surface area (Å²) in [7, 11) is 3.03. The number of aliphatic imine (C=N–C) groups is 1. The van der Waals surface area contributed by atoms with E-state index in [9.17, 15) is 13.2 Å². The quantitative estimate of drug-likeness (QED) is 0.304. The van der Waals surface area contributed by atoms with Crippen LogP contribution in [0.4, 0.5) is 13.2 Å². The molecule has 0 radical (unpaired) electrons. The van der Waals surface area contributed by atoms with E-state index >= 15 is 0 Å². The zero-order valence-electron chi connectivity index (χ0n) is 17.3. The van der Waals surface area contributed by atoms with Crippen molar-refractivity contribution >= 4 is 29.9 Å². The molecule has 1 heterocycles. The van der Waals surface area contributed by atoms with E-state index in [2.05, 4.69) is 20.7 Å². The minimum absolute atomic E-state index is 0. The maximum absolute atomic E-state index is 13.1. The third kappa shape index (κ3) is 7.92. The molecule has 2 rings (SSSR count). The van der Waals surface area contributed by atoms with Gasteiger partial charge in [-0.3, -0.25) is 4.68 Å². The number of nitrogens with one attached hydrogen (secondary N) is 2. The Hall–Kier alpha value is -2.18. The lowest BCUT2D eigenvalue weighted by Gasteiger charge is -2.18. The molecule has 1 atom stereocenters. The highest BCUT2D eigenvalue weighted by molar-refractivity contribution is 14.0. The van der Waals surface area contributed by atoms with Crippen molar-refractivity contribution in [2.45, 2.75) is 32.7 Å². The summed E-state index contributed by atoms with van der Waals surface area (Å²) in [6.45, 7) is 4.57. The number of alkyl halides is 3. The number of guanidine groups is 1. The SMILES string of the molecule is CCNC(=NCc1cn(C)nc1C(F)(F)F)NCC(C)Oc1cccc(OC)c1.I. The fourth-order valence-corrected chi connectivity index (χ4v) is 2.59. The maximum Gasteiger partial charge on any atom is 0.435 e. The van der Waals surface area contributed by atoms with Gasteiger partial charge in [-0.05, 0) is 26.0 Å². The van der Waals surface area contributed by atoms with Crippen molar-refractivity contribution in [1.82, 2.24) is 20.4 Å². The van der Waals surface area contributed by atoms with Crippen LogP contribution in [0.25, 0.3) is 0 Å². The molecule has 0 aliphatic heterocycles. The Balaban J connectivity index is 0.00000450. The number of aryl methyl sites for hydroxylation is 1. The van der Waals surface area contributed by atoms with Crippen molar-refractivity contribution in [3.63, 3.8) is 0 Å². The molecule has 168 valence electrons. The van der Waals surface area contributed by atoms with Gasteiger partial charge in [-0.15, -0.1) is 24.0 Å². The molecule has 2 aromatic rings. The Morgan fingerprint density at radius 3 is 2.60 bits per heavy atom. The second-order valence-electron chi connectivity index (χ2n) is 6.36. The van der Waals surface area contributed by atoms with Gasteiger partial charge < -0.3 is 20.1 Å². The first-order valence-corrected chi connectivity index (χ1v) is 9.15. The van der Waals surface area contributed by atoms with Gasteiger partial charge in [0.2, 0.25) is 0 Å². The van der Waals surface area contributed by atoms with Gasteiger partial charge in [0.25, 0.3) is 0 Å². The monoisotopic (exact) mass is 541 g/mol. The largest absolute Gasteiger partial charge is 0.497 e. The van der Waals surface area contributed by atoms with Crippen molar-refractivity contribution in [2.24, 2.45) is 12.0 Å². The van der Waals surface area contributed by atoms with Gasteiger partial charge in [0.1, 0.15) is 17.6 Å². The van der Waals surface area contributed by atoms with Gasteiger partial charge in [-0.2, -0.15) is 18.3 Å². The number of rotatable bonds is 8. The number of nitrogens with zero attached hydrogens (tertiary/aromatic N) is 3. The van der Waals surface area contributed by atoms with Crippen LogP contribution in [-0.2, 0) is 19.8 Å². The van der Waals surface area contributed by atoms with E-state index in [0.717, 1.165) is 4.68 Å². The van der Waals surface area contributed by atoms with Crippen LogP contribution in [0.15, 0.2) is 35.5 Å². The first-order valence-electron chi connectivity index (χ1n) is 9.15. The van der Waals surface area contributed by atoms with Crippen molar-refractivity contribution in [3.8, 4) is 11.5 Å². The van der Waals surface area contributed by atoms with Crippen LogP contribution in [0.5, 0.6) is 11.5 Å². The van der Waals surface area contributed by atoms with Crippen molar-refractivity contribution < 1.29 is 22.6 Å². The number of hydrogen-bond donors (Lipinski definition) is 2. The number of benzene rings is 1. The molecule has 0 fully saturated rings. The lowest BCUT2D eigenvalue weighted by molar-refractivity contribution is -0.142. The smallest absolute Gasteiger partial charge is 0.435 e. The Bertz CT molecular complexity index is 827. The molecule has 1 unspecified atom stereocenters. The van der Waals surface area contributed by atoms with Crippen molar-refractivity contribution in [2.75, 3.05) is 20.2 Å². The average molecular weight is 541 g/mol. The maximum atomic E-state index is 13.1. The van der Waals surface area contributed by atoms with Gasteiger partial charge in [0.15, 0.2) is 11.7 Å². The van der Waals surface area contributed by atoms with Gasteiger partial charge in [0.05, 0.1) is 20.2 Å². The molecule has 0 amide bonds. The van der Waals surface area contributed by atoms with Crippen LogP contribution in [0.2, 0.25) is 0 Å². The van der Waals surface area contributed by atoms with Crippen LogP contribution in [-0.4, -0.2) is 42.0 Å². The number of methoxy groups -OCH3 is 1. The molecule has 0 spiro atoms. The van der Waals surface area contributed by atoms with Crippen LogP contribution in [0.1, 0.15) is 25.1 Å². The van der Waals surface area contributed by atoms with E-state index < -0.39 is 11.9 Å². The summed E-state index contributed by atoms with van der Waals surface area (Å²) >= 11 is 0. The minimum atomic E-state index is -4.52. The van der Waals surface area contributed by atoms with Gasteiger partial charge in [-0.1, -0.05) is 6.07 Å². The Morgan fingerprint density at radius 1 is 1.27 bits per heavy atom. The summed E-state index contributed by atoms with van der Waals surface area (Å²) in [5, 5.41) is 9.58. The van der Waals surface area contributed by atoms with E-state index in [1.54, 1.807) is 13.2 Å². The van der Waals surface area contributed by atoms with Crippen LogP contribution in [0, 0.1) is 0 Å². The zero-order chi connectivity index (χ0) is 21.4.